The molecule has 112 valence electrons. The van der Waals surface area contributed by atoms with Crippen LogP contribution < -0.4 is 4.74 Å². The van der Waals surface area contributed by atoms with E-state index in [4.69, 9.17) is 9.47 Å². The van der Waals surface area contributed by atoms with Gasteiger partial charge >= 0.3 is 0 Å². The molecule has 2 rings (SSSR count). The Hall–Kier alpha value is -0.700. The van der Waals surface area contributed by atoms with Crippen LogP contribution in [0.5, 0.6) is 5.75 Å². The second kappa shape index (κ2) is 6.38. The van der Waals surface area contributed by atoms with Crippen LogP contribution in [-0.4, -0.2) is 58.6 Å². The molecule has 1 fully saturated rings. The van der Waals surface area contributed by atoms with E-state index < -0.39 is 37.1 Å². The van der Waals surface area contributed by atoms with Crippen LogP contribution in [0.15, 0.2) is 22.7 Å². The molecule has 1 heterocycles. The lowest BCUT2D eigenvalue weighted by Crippen LogP contribution is -2.55. The largest absolute Gasteiger partial charge is 0.497 e. The first-order chi connectivity index (χ1) is 9.47. The van der Waals surface area contributed by atoms with Crippen LogP contribution in [0.3, 0.4) is 0 Å². The van der Waals surface area contributed by atoms with Crippen molar-refractivity contribution in [2.45, 2.75) is 30.5 Å². The van der Waals surface area contributed by atoms with E-state index in [0.29, 0.717) is 11.3 Å². The summed E-state index contributed by atoms with van der Waals surface area (Å²) < 4.78 is 11.3. The number of rotatable bonds is 3. The molecular weight excluding hydrogens is 332 g/mol. The fourth-order valence-electron chi connectivity index (χ4n) is 2.24. The normalized spacial score (nSPS) is 34.0. The average Bonchev–Trinajstić information content (AvgIpc) is 2.44. The van der Waals surface area contributed by atoms with E-state index in [1.54, 1.807) is 18.2 Å². The number of aliphatic hydroxyl groups excluding tert-OH is 4. The summed E-state index contributed by atoms with van der Waals surface area (Å²) in [6.07, 6.45) is -5.84. The van der Waals surface area contributed by atoms with Gasteiger partial charge in [0.15, 0.2) is 0 Å². The van der Waals surface area contributed by atoms with E-state index in [1.807, 2.05) is 0 Å². The molecule has 1 aliphatic heterocycles. The maximum absolute atomic E-state index is 10.1. The minimum atomic E-state index is -1.39. The number of benzene rings is 1. The molecule has 0 amide bonds. The monoisotopic (exact) mass is 348 g/mol. The highest BCUT2D eigenvalue weighted by Gasteiger charge is 2.44. The molecule has 7 heteroatoms. The summed E-state index contributed by atoms with van der Waals surface area (Å²) in [7, 11) is 1.51. The third-order valence-electron chi connectivity index (χ3n) is 3.35. The van der Waals surface area contributed by atoms with Crippen molar-refractivity contribution in [1.82, 2.24) is 0 Å². The highest BCUT2D eigenvalue weighted by molar-refractivity contribution is 9.10. The van der Waals surface area contributed by atoms with Crippen molar-refractivity contribution in [3.63, 3.8) is 0 Å². The van der Waals surface area contributed by atoms with Crippen LogP contribution in [0.1, 0.15) is 11.7 Å². The third-order valence-corrected chi connectivity index (χ3v) is 3.81. The van der Waals surface area contributed by atoms with Crippen LogP contribution in [0.2, 0.25) is 0 Å². The Morgan fingerprint density at radius 3 is 2.45 bits per heavy atom. The third kappa shape index (κ3) is 2.98. The van der Waals surface area contributed by atoms with E-state index in [9.17, 15) is 20.4 Å². The van der Waals surface area contributed by atoms with Gasteiger partial charge in [0.05, 0.1) is 13.7 Å². The van der Waals surface area contributed by atoms with Gasteiger partial charge in [-0.3, -0.25) is 0 Å². The molecule has 0 saturated carbocycles. The summed E-state index contributed by atoms with van der Waals surface area (Å²) in [5.41, 5.74) is 0.577. The van der Waals surface area contributed by atoms with Gasteiger partial charge in [-0.05, 0) is 23.8 Å². The molecular formula is C13H17BrO6. The Kier molecular flexibility index (Phi) is 5.00. The standard InChI is InChI=1S/C13H17BrO6/c1-19-8-3-6(2-7(14)4-8)13-12(18)11(17)10(16)9(5-15)20-13/h2-4,9-13,15-18H,5H2,1H3. The molecule has 1 aromatic rings. The summed E-state index contributed by atoms with van der Waals surface area (Å²) in [6.45, 7) is -0.452. The lowest BCUT2D eigenvalue weighted by Gasteiger charge is -2.40. The number of aliphatic hydroxyl groups is 4. The maximum Gasteiger partial charge on any atom is 0.120 e. The molecule has 0 spiro atoms. The van der Waals surface area contributed by atoms with Gasteiger partial charge in [-0.1, -0.05) is 15.9 Å². The van der Waals surface area contributed by atoms with Gasteiger partial charge in [0, 0.05) is 4.47 Å². The zero-order valence-electron chi connectivity index (χ0n) is 10.8. The molecule has 5 atom stereocenters. The molecule has 0 aliphatic carbocycles. The number of ether oxygens (including phenoxy) is 2. The first-order valence-corrected chi connectivity index (χ1v) is 6.92. The molecule has 0 radical (unpaired) electrons. The highest BCUT2D eigenvalue weighted by atomic mass is 79.9. The van der Waals surface area contributed by atoms with Crippen molar-refractivity contribution in [2.75, 3.05) is 13.7 Å². The number of methoxy groups -OCH3 is 1. The Balaban J connectivity index is 2.33. The molecule has 6 nitrogen and oxygen atoms in total. The summed E-state index contributed by atoms with van der Waals surface area (Å²) in [5.74, 6) is 0.561. The first kappa shape index (κ1) is 15.7. The smallest absolute Gasteiger partial charge is 0.120 e. The minimum absolute atomic E-state index is 0.452. The molecule has 0 aromatic heterocycles. The number of halogens is 1. The highest BCUT2D eigenvalue weighted by Crippen LogP contribution is 2.35. The number of hydrogen-bond acceptors (Lipinski definition) is 6. The molecule has 20 heavy (non-hydrogen) atoms. The molecule has 1 aliphatic rings. The molecule has 1 saturated heterocycles. The Bertz CT molecular complexity index is 466. The topological polar surface area (TPSA) is 99.4 Å². The van der Waals surface area contributed by atoms with Crippen LogP contribution in [0, 0.1) is 0 Å². The minimum Gasteiger partial charge on any atom is -0.497 e. The predicted octanol–water partition coefficient (Wildman–Crippen LogP) is -0.0274. The van der Waals surface area contributed by atoms with Crippen molar-refractivity contribution >= 4 is 15.9 Å². The van der Waals surface area contributed by atoms with Gasteiger partial charge in [-0.2, -0.15) is 0 Å². The molecule has 5 unspecified atom stereocenters. The van der Waals surface area contributed by atoms with Gasteiger partial charge < -0.3 is 29.9 Å². The van der Waals surface area contributed by atoms with Crippen molar-refractivity contribution < 1.29 is 29.9 Å². The van der Waals surface area contributed by atoms with Crippen molar-refractivity contribution in [2.24, 2.45) is 0 Å². The second-order valence-electron chi connectivity index (χ2n) is 4.67. The van der Waals surface area contributed by atoms with Gasteiger partial charge in [-0.25, -0.2) is 0 Å². The summed E-state index contributed by atoms with van der Waals surface area (Å²) >= 11 is 3.32. The Labute approximate surface area is 124 Å². The zero-order chi connectivity index (χ0) is 14.9. The quantitative estimate of drug-likeness (QED) is 0.612. The van der Waals surface area contributed by atoms with Gasteiger partial charge in [0.2, 0.25) is 0 Å². The molecule has 1 aromatic carbocycles. The summed E-state index contributed by atoms with van der Waals surface area (Å²) in [4.78, 5) is 0. The van der Waals surface area contributed by atoms with Crippen molar-refractivity contribution in [3.05, 3.63) is 28.2 Å². The van der Waals surface area contributed by atoms with E-state index in [2.05, 4.69) is 15.9 Å². The van der Waals surface area contributed by atoms with E-state index in [-0.39, 0.29) is 0 Å². The summed E-state index contributed by atoms with van der Waals surface area (Å²) in [6, 6.07) is 5.13. The molecule has 0 bridgehead atoms. The lowest BCUT2D eigenvalue weighted by atomic mass is 9.91. The SMILES string of the molecule is COc1cc(Br)cc(C2OC(CO)C(O)C(O)C2O)c1. The molecule has 4 N–H and O–H groups in total. The van der Waals surface area contributed by atoms with Gasteiger partial charge in [-0.15, -0.1) is 0 Å². The number of hydrogen-bond donors (Lipinski definition) is 4. The van der Waals surface area contributed by atoms with Gasteiger partial charge in [0.25, 0.3) is 0 Å². The average molecular weight is 349 g/mol. The Morgan fingerprint density at radius 2 is 1.85 bits per heavy atom. The second-order valence-corrected chi connectivity index (χ2v) is 5.59. The van der Waals surface area contributed by atoms with Crippen molar-refractivity contribution in [3.8, 4) is 5.75 Å². The van der Waals surface area contributed by atoms with Crippen LogP contribution in [-0.2, 0) is 4.74 Å². The van der Waals surface area contributed by atoms with E-state index >= 15 is 0 Å². The Morgan fingerprint density at radius 1 is 1.15 bits per heavy atom. The zero-order valence-corrected chi connectivity index (χ0v) is 12.4. The summed E-state index contributed by atoms with van der Waals surface area (Å²) in [5, 5.41) is 38.8. The lowest BCUT2D eigenvalue weighted by molar-refractivity contribution is -0.231. The van der Waals surface area contributed by atoms with Crippen LogP contribution >= 0.6 is 15.9 Å². The fourth-order valence-corrected chi connectivity index (χ4v) is 2.73. The van der Waals surface area contributed by atoms with Crippen LogP contribution in [0.4, 0.5) is 0 Å². The van der Waals surface area contributed by atoms with Crippen LogP contribution in [0.25, 0.3) is 0 Å². The van der Waals surface area contributed by atoms with Gasteiger partial charge in [0.1, 0.15) is 36.3 Å². The maximum atomic E-state index is 10.1. The van der Waals surface area contributed by atoms with E-state index in [0.717, 1.165) is 4.47 Å². The van der Waals surface area contributed by atoms with Crippen molar-refractivity contribution in [1.29, 1.82) is 0 Å². The predicted molar refractivity (Wildman–Crippen MR) is 73.4 cm³/mol. The first-order valence-electron chi connectivity index (χ1n) is 6.13. The van der Waals surface area contributed by atoms with E-state index in [1.165, 1.54) is 7.11 Å². The fraction of sp³-hybridized carbons (Fsp3) is 0.538.